The smallest absolute Gasteiger partial charge is 0.326 e. The summed E-state index contributed by atoms with van der Waals surface area (Å²) in [6, 6.07) is 13.1. The Labute approximate surface area is 198 Å². The SMILES string of the molecule is CCOC(=O)CN1C(=O)SC(=Cc2cn(Cc3ccc(Cl)cc3Cl)c3ccccc23)C1=O. The first kappa shape index (κ1) is 22.5. The number of esters is 1. The quantitative estimate of drug-likeness (QED) is 0.333. The zero-order valence-electron chi connectivity index (χ0n) is 17.0. The highest BCUT2D eigenvalue weighted by Gasteiger charge is 2.36. The molecule has 164 valence electrons. The Hall–Kier alpha value is -2.74. The highest BCUT2D eigenvalue weighted by Crippen LogP contribution is 2.34. The van der Waals surface area contributed by atoms with Crippen molar-refractivity contribution in [1.82, 2.24) is 9.47 Å². The van der Waals surface area contributed by atoms with Gasteiger partial charge in [-0.2, -0.15) is 0 Å². The third-order valence-electron chi connectivity index (χ3n) is 4.93. The molecule has 0 bridgehead atoms. The van der Waals surface area contributed by atoms with Gasteiger partial charge in [0.05, 0.1) is 11.5 Å². The molecule has 3 aromatic rings. The molecule has 1 aliphatic rings. The Kier molecular flexibility index (Phi) is 6.60. The van der Waals surface area contributed by atoms with Crippen LogP contribution in [0.4, 0.5) is 4.79 Å². The summed E-state index contributed by atoms with van der Waals surface area (Å²) in [6.45, 7) is 1.96. The average Bonchev–Trinajstić information content (AvgIpc) is 3.23. The monoisotopic (exact) mass is 488 g/mol. The van der Waals surface area contributed by atoms with E-state index in [1.165, 1.54) is 0 Å². The topological polar surface area (TPSA) is 68.6 Å². The fourth-order valence-electron chi connectivity index (χ4n) is 3.47. The summed E-state index contributed by atoms with van der Waals surface area (Å²) in [4.78, 5) is 37.9. The van der Waals surface area contributed by atoms with Crippen molar-refractivity contribution < 1.29 is 19.1 Å². The maximum atomic E-state index is 12.7. The molecule has 32 heavy (non-hydrogen) atoms. The molecule has 2 amide bonds. The van der Waals surface area contributed by atoms with Gasteiger partial charge in [-0.25, -0.2) is 0 Å². The predicted molar refractivity (Wildman–Crippen MR) is 127 cm³/mol. The van der Waals surface area contributed by atoms with Gasteiger partial charge in [-0.15, -0.1) is 0 Å². The maximum absolute atomic E-state index is 12.7. The van der Waals surface area contributed by atoms with Crippen LogP contribution in [-0.2, 0) is 20.9 Å². The Balaban J connectivity index is 1.67. The lowest BCUT2D eigenvalue weighted by Crippen LogP contribution is -2.34. The van der Waals surface area contributed by atoms with E-state index >= 15 is 0 Å². The van der Waals surface area contributed by atoms with Crippen molar-refractivity contribution in [3.8, 4) is 0 Å². The summed E-state index contributed by atoms with van der Waals surface area (Å²) in [5, 5.41) is 1.56. The lowest BCUT2D eigenvalue weighted by Gasteiger charge is -2.10. The Bertz CT molecular complexity index is 1270. The molecule has 1 saturated heterocycles. The molecule has 0 saturated carbocycles. The number of ether oxygens (including phenoxy) is 1. The average molecular weight is 489 g/mol. The number of aromatic nitrogens is 1. The van der Waals surface area contributed by atoms with Crippen molar-refractivity contribution in [2.24, 2.45) is 0 Å². The first-order valence-electron chi connectivity index (χ1n) is 9.80. The van der Waals surface area contributed by atoms with Crippen molar-refractivity contribution in [3.05, 3.63) is 74.7 Å². The van der Waals surface area contributed by atoms with Crippen molar-refractivity contribution in [1.29, 1.82) is 0 Å². The molecule has 4 rings (SSSR count). The molecule has 0 spiro atoms. The van der Waals surface area contributed by atoms with Crippen molar-refractivity contribution in [3.63, 3.8) is 0 Å². The minimum Gasteiger partial charge on any atom is -0.465 e. The molecule has 0 unspecified atom stereocenters. The van der Waals surface area contributed by atoms with Crippen LogP contribution in [0.25, 0.3) is 17.0 Å². The Morgan fingerprint density at radius 2 is 1.94 bits per heavy atom. The molecule has 1 fully saturated rings. The first-order chi connectivity index (χ1) is 15.4. The number of carbonyl (C=O) groups excluding carboxylic acids is 3. The third-order valence-corrected chi connectivity index (χ3v) is 6.42. The molecule has 6 nitrogen and oxygen atoms in total. The van der Waals surface area contributed by atoms with Crippen molar-refractivity contribution in [2.75, 3.05) is 13.2 Å². The van der Waals surface area contributed by atoms with Crippen LogP contribution >= 0.6 is 35.0 Å². The van der Waals surface area contributed by atoms with E-state index in [2.05, 4.69) is 0 Å². The van der Waals surface area contributed by atoms with Crippen LogP contribution in [-0.4, -0.2) is 39.7 Å². The van der Waals surface area contributed by atoms with Gasteiger partial charge in [0.15, 0.2) is 0 Å². The number of hydrogen-bond acceptors (Lipinski definition) is 5. The van der Waals surface area contributed by atoms with Crippen LogP contribution in [0.15, 0.2) is 53.6 Å². The van der Waals surface area contributed by atoms with E-state index in [0.29, 0.717) is 16.6 Å². The number of imide groups is 1. The molecule has 9 heteroatoms. The maximum Gasteiger partial charge on any atom is 0.326 e. The molecule has 0 atom stereocenters. The van der Waals surface area contributed by atoms with Gasteiger partial charge in [0.1, 0.15) is 6.54 Å². The molecule has 1 aromatic heterocycles. The molecule has 0 radical (unpaired) electrons. The van der Waals surface area contributed by atoms with E-state index in [1.807, 2.05) is 41.1 Å². The zero-order valence-corrected chi connectivity index (χ0v) is 19.3. The minimum absolute atomic E-state index is 0.183. The largest absolute Gasteiger partial charge is 0.465 e. The molecular weight excluding hydrogens is 471 g/mol. The summed E-state index contributed by atoms with van der Waals surface area (Å²) in [6.07, 6.45) is 3.59. The van der Waals surface area contributed by atoms with Gasteiger partial charge in [-0.3, -0.25) is 19.3 Å². The van der Waals surface area contributed by atoms with Gasteiger partial charge in [0.2, 0.25) is 0 Å². The molecule has 0 N–H and O–H groups in total. The lowest BCUT2D eigenvalue weighted by molar-refractivity contribution is -0.145. The molecule has 1 aliphatic heterocycles. The number of carbonyl (C=O) groups is 3. The number of para-hydroxylation sites is 1. The number of nitrogens with zero attached hydrogens (tertiary/aromatic N) is 2. The highest BCUT2D eigenvalue weighted by atomic mass is 35.5. The highest BCUT2D eigenvalue weighted by molar-refractivity contribution is 8.18. The van der Waals surface area contributed by atoms with Gasteiger partial charge in [-0.1, -0.05) is 47.5 Å². The zero-order chi connectivity index (χ0) is 22.8. The van der Waals surface area contributed by atoms with E-state index < -0.39 is 23.7 Å². The molecule has 2 heterocycles. The third kappa shape index (κ3) is 4.55. The fourth-order valence-corrected chi connectivity index (χ4v) is 4.77. The molecule has 2 aromatic carbocycles. The predicted octanol–water partition coefficient (Wildman–Crippen LogP) is 5.60. The van der Waals surface area contributed by atoms with E-state index in [9.17, 15) is 14.4 Å². The van der Waals surface area contributed by atoms with Crippen LogP contribution in [0.3, 0.4) is 0 Å². The number of fused-ring (bicyclic) bond motifs is 1. The van der Waals surface area contributed by atoms with Crippen LogP contribution in [0.5, 0.6) is 0 Å². The second-order valence-corrected chi connectivity index (χ2v) is 8.87. The summed E-state index contributed by atoms with van der Waals surface area (Å²) in [7, 11) is 0. The summed E-state index contributed by atoms with van der Waals surface area (Å²) >= 11 is 13.2. The standard InChI is InChI=1S/C23H18Cl2N2O4S/c1-2-31-21(28)13-27-22(29)20(32-23(27)30)9-15-12-26(19-6-4-3-5-17(15)19)11-14-7-8-16(24)10-18(14)25/h3-10,12H,2,11,13H2,1H3. The fraction of sp³-hybridized carbons (Fsp3) is 0.174. The summed E-state index contributed by atoms with van der Waals surface area (Å²) in [5.41, 5.74) is 2.64. The molecular formula is C23H18Cl2N2O4S. The number of halogens is 2. The van der Waals surface area contributed by atoms with E-state index in [-0.39, 0.29) is 11.5 Å². The molecule has 0 aliphatic carbocycles. The number of rotatable bonds is 6. The Morgan fingerprint density at radius 1 is 1.16 bits per heavy atom. The number of benzene rings is 2. The number of thioether (sulfide) groups is 1. The van der Waals surface area contributed by atoms with Crippen LogP contribution in [0.1, 0.15) is 18.1 Å². The Morgan fingerprint density at radius 3 is 2.69 bits per heavy atom. The van der Waals surface area contributed by atoms with E-state index in [1.54, 1.807) is 25.1 Å². The second kappa shape index (κ2) is 9.40. The summed E-state index contributed by atoms with van der Waals surface area (Å²) in [5.74, 6) is -1.13. The van der Waals surface area contributed by atoms with Gasteiger partial charge in [0.25, 0.3) is 11.1 Å². The number of amides is 2. The summed E-state index contributed by atoms with van der Waals surface area (Å²) < 4.78 is 6.88. The van der Waals surface area contributed by atoms with Crippen LogP contribution in [0.2, 0.25) is 10.0 Å². The van der Waals surface area contributed by atoms with Gasteiger partial charge in [-0.05, 0) is 48.5 Å². The van der Waals surface area contributed by atoms with E-state index in [0.717, 1.165) is 38.7 Å². The number of hydrogen-bond donors (Lipinski definition) is 0. The van der Waals surface area contributed by atoms with Gasteiger partial charge < -0.3 is 9.30 Å². The van der Waals surface area contributed by atoms with Crippen molar-refractivity contribution >= 4 is 69.1 Å². The van der Waals surface area contributed by atoms with Crippen molar-refractivity contribution in [2.45, 2.75) is 13.5 Å². The van der Waals surface area contributed by atoms with Gasteiger partial charge in [0, 0.05) is 39.3 Å². The minimum atomic E-state index is -0.618. The van der Waals surface area contributed by atoms with E-state index in [4.69, 9.17) is 27.9 Å². The second-order valence-electron chi connectivity index (χ2n) is 7.04. The van der Waals surface area contributed by atoms with Crippen LogP contribution in [0, 0.1) is 0 Å². The first-order valence-corrected chi connectivity index (χ1v) is 11.4. The van der Waals surface area contributed by atoms with Gasteiger partial charge >= 0.3 is 5.97 Å². The normalized spacial score (nSPS) is 15.2. The van der Waals surface area contributed by atoms with Crippen LogP contribution < -0.4 is 0 Å². The lowest BCUT2D eigenvalue weighted by atomic mass is 10.1.